The van der Waals surface area contributed by atoms with Crippen LogP contribution in [0.25, 0.3) is 0 Å². The van der Waals surface area contributed by atoms with Crippen molar-refractivity contribution in [3.05, 3.63) is 0 Å². The molecular formula is C12H25N3O2. The van der Waals surface area contributed by atoms with Gasteiger partial charge in [0, 0.05) is 19.2 Å². The summed E-state index contributed by atoms with van der Waals surface area (Å²) in [5.41, 5.74) is 2.22. The van der Waals surface area contributed by atoms with E-state index in [4.69, 9.17) is 10.9 Å². The Morgan fingerprint density at radius 2 is 2.29 bits per heavy atom. The van der Waals surface area contributed by atoms with E-state index < -0.39 is 0 Å². The van der Waals surface area contributed by atoms with Crippen LogP contribution in [-0.4, -0.2) is 41.7 Å². The van der Waals surface area contributed by atoms with Gasteiger partial charge in [-0.3, -0.25) is 15.1 Å². The first kappa shape index (κ1) is 14.4. The van der Waals surface area contributed by atoms with Crippen molar-refractivity contribution in [3.8, 4) is 0 Å². The van der Waals surface area contributed by atoms with Crippen molar-refractivity contribution in [2.75, 3.05) is 19.7 Å². The average Bonchev–Trinajstić information content (AvgIpc) is 2.36. The second-order valence-electron chi connectivity index (χ2n) is 5.05. The average molecular weight is 243 g/mol. The molecule has 0 saturated carbocycles. The van der Waals surface area contributed by atoms with Crippen molar-refractivity contribution < 1.29 is 9.90 Å². The first-order valence-corrected chi connectivity index (χ1v) is 6.45. The Balaban J connectivity index is 2.50. The van der Waals surface area contributed by atoms with Crippen molar-refractivity contribution in [2.24, 2.45) is 17.7 Å². The summed E-state index contributed by atoms with van der Waals surface area (Å²) < 4.78 is 0. The fraction of sp³-hybridized carbons (Fsp3) is 0.917. The van der Waals surface area contributed by atoms with Crippen LogP contribution in [0.15, 0.2) is 0 Å². The number of nitrogens with zero attached hydrogens (tertiary/aromatic N) is 1. The van der Waals surface area contributed by atoms with Gasteiger partial charge in [0.05, 0.1) is 5.92 Å². The highest BCUT2D eigenvalue weighted by Gasteiger charge is 2.29. The van der Waals surface area contributed by atoms with E-state index in [1.165, 1.54) is 6.42 Å². The summed E-state index contributed by atoms with van der Waals surface area (Å²) >= 11 is 0. The third-order valence-electron chi connectivity index (χ3n) is 3.94. The molecule has 0 aromatic heterocycles. The number of amides is 1. The molecule has 100 valence electrons. The molecule has 1 aliphatic heterocycles. The fourth-order valence-electron chi connectivity index (χ4n) is 2.55. The Labute approximate surface area is 103 Å². The van der Waals surface area contributed by atoms with Gasteiger partial charge in [-0.1, -0.05) is 6.92 Å². The lowest BCUT2D eigenvalue weighted by molar-refractivity contribution is -0.126. The smallest absolute Gasteiger partial charge is 0.238 e. The normalized spacial score (nSPS) is 25.3. The van der Waals surface area contributed by atoms with Gasteiger partial charge < -0.3 is 5.11 Å². The van der Waals surface area contributed by atoms with Crippen molar-refractivity contribution >= 4 is 5.91 Å². The molecule has 0 bridgehead atoms. The van der Waals surface area contributed by atoms with Gasteiger partial charge in [-0.2, -0.15) is 0 Å². The molecule has 0 aromatic rings. The Morgan fingerprint density at radius 3 is 2.88 bits per heavy atom. The molecule has 5 heteroatoms. The maximum Gasteiger partial charge on any atom is 0.238 e. The zero-order valence-corrected chi connectivity index (χ0v) is 10.9. The van der Waals surface area contributed by atoms with Crippen LogP contribution < -0.4 is 11.3 Å². The minimum absolute atomic E-state index is 0.104. The van der Waals surface area contributed by atoms with Crippen LogP contribution in [-0.2, 0) is 4.79 Å². The highest BCUT2D eigenvalue weighted by molar-refractivity contribution is 5.78. The molecule has 1 rings (SSSR count). The molecule has 0 aliphatic carbocycles. The van der Waals surface area contributed by atoms with E-state index in [1.807, 2.05) is 6.92 Å². The molecule has 0 spiro atoms. The lowest BCUT2D eigenvalue weighted by Gasteiger charge is -2.38. The zero-order chi connectivity index (χ0) is 12.8. The number of nitrogens with one attached hydrogen (secondary N) is 1. The van der Waals surface area contributed by atoms with E-state index in [-0.39, 0.29) is 24.5 Å². The van der Waals surface area contributed by atoms with Gasteiger partial charge in [-0.25, -0.2) is 5.84 Å². The van der Waals surface area contributed by atoms with Crippen molar-refractivity contribution in [1.29, 1.82) is 0 Å². The lowest BCUT2D eigenvalue weighted by atomic mass is 9.91. The Bertz CT molecular complexity index is 246. The second kappa shape index (κ2) is 6.93. The summed E-state index contributed by atoms with van der Waals surface area (Å²) in [5.74, 6) is 5.51. The molecule has 1 amide bonds. The minimum atomic E-state index is -0.109. The third-order valence-corrected chi connectivity index (χ3v) is 3.94. The van der Waals surface area contributed by atoms with Gasteiger partial charge in [0.15, 0.2) is 0 Å². The number of rotatable bonds is 5. The van der Waals surface area contributed by atoms with Crippen LogP contribution in [0.3, 0.4) is 0 Å². The van der Waals surface area contributed by atoms with Crippen LogP contribution in [0.5, 0.6) is 0 Å². The van der Waals surface area contributed by atoms with Gasteiger partial charge in [0.25, 0.3) is 0 Å². The van der Waals surface area contributed by atoms with Crippen LogP contribution >= 0.6 is 0 Å². The molecule has 1 saturated heterocycles. The van der Waals surface area contributed by atoms with Crippen molar-refractivity contribution in [1.82, 2.24) is 10.3 Å². The van der Waals surface area contributed by atoms with Crippen LogP contribution in [0.4, 0.5) is 0 Å². The van der Waals surface area contributed by atoms with Gasteiger partial charge in [-0.15, -0.1) is 0 Å². The van der Waals surface area contributed by atoms with Gasteiger partial charge in [0.1, 0.15) is 0 Å². The number of hydrazine groups is 1. The summed E-state index contributed by atoms with van der Waals surface area (Å²) in [4.78, 5) is 13.8. The SMILES string of the molecule is CC(C(=O)NN)C(C)N1CCCC(CCO)C1. The number of piperidine rings is 1. The predicted octanol–water partition coefficient (Wildman–Crippen LogP) is 0.0953. The highest BCUT2D eigenvalue weighted by Crippen LogP contribution is 2.23. The maximum absolute atomic E-state index is 11.5. The summed E-state index contributed by atoms with van der Waals surface area (Å²) in [6, 6.07) is 0.194. The standard InChI is InChI=1S/C12H25N3O2/c1-9(12(17)14-13)10(2)15-6-3-4-11(8-15)5-7-16/h9-11,16H,3-8,13H2,1-2H3,(H,14,17). The van der Waals surface area contributed by atoms with Crippen LogP contribution in [0.1, 0.15) is 33.1 Å². The molecule has 3 atom stereocenters. The van der Waals surface area contributed by atoms with E-state index in [0.717, 1.165) is 25.9 Å². The van der Waals surface area contributed by atoms with Crippen molar-refractivity contribution in [3.63, 3.8) is 0 Å². The topological polar surface area (TPSA) is 78.6 Å². The Morgan fingerprint density at radius 1 is 1.59 bits per heavy atom. The molecule has 1 heterocycles. The van der Waals surface area contributed by atoms with E-state index in [1.54, 1.807) is 0 Å². The fourth-order valence-corrected chi connectivity index (χ4v) is 2.55. The summed E-state index contributed by atoms with van der Waals surface area (Å²) in [6.45, 7) is 6.24. The Hall–Kier alpha value is -0.650. The first-order chi connectivity index (χ1) is 8.10. The summed E-state index contributed by atoms with van der Waals surface area (Å²) in [5, 5.41) is 8.98. The Kier molecular flexibility index (Phi) is 5.88. The molecule has 4 N–H and O–H groups in total. The highest BCUT2D eigenvalue weighted by atomic mass is 16.3. The van der Waals surface area contributed by atoms with Crippen LogP contribution in [0, 0.1) is 11.8 Å². The minimum Gasteiger partial charge on any atom is -0.396 e. The number of nitrogens with two attached hydrogens (primary N) is 1. The van der Waals surface area contributed by atoms with E-state index in [2.05, 4.69) is 17.2 Å². The molecule has 3 unspecified atom stereocenters. The molecule has 17 heavy (non-hydrogen) atoms. The number of carbonyl (C=O) groups is 1. The summed E-state index contributed by atoms with van der Waals surface area (Å²) in [6.07, 6.45) is 3.19. The molecule has 5 nitrogen and oxygen atoms in total. The summed E-state index contributed by atoms with van der Waals surface area (Å²) in [7, 11) is 0. The molecule has 0 radical (unpaired) electrons. The van der Waals surface area contributed by atoms with Gasteiger partial charge >= 0.3 is 0 Å². The lowest BCUT2D eigenvalue weighted by Crippen LogP contribution is -2.49. The number of hydrogen-bond donors (Lipinski definition) is 3. The van der Waals surface area contributed by atoms with E-state index in [9.17, 15) is 4.79 Å². The molecular weight excluding hydrogens is 218 g/mol. The number of carbonyl (C=O) groups excluding carboxylic acids is 1. The molecule has 0 aromatic carbocycles. The van der Waals surface area contributed by atoms with Crippen LogP contribution in [0.2, 0.25) is 0 Å². The largest absolute Gasteiger partial charge is 0.396 e. The number of aliphatic hydroxyl groups is 1. The van der Waals surface area contributed by atoms with Crippen molar-refractivity contribution in [2.45, 2.75) is 39.2 Å². The first-order valence-electron chi connectivity index (χ1n) is 6.45. The molecule has 1 aliphatic rings. The zero-order valence-electron chi connectivity index (χ0n) is 10.9. The third kappa shape index (κ3) is 3.94. The monoisotopic (exact) mass is 243 g/mol. The second-order valence-corrected chi connectivity index (χ2v) is 5.05. The van der Waals surface area contributed by atoms with Gasteiger partial charge in [-0.05, 0) is 38.6 Å². The predicted molar refractivity (Wildman–Crippen MR) is 67.0 cm³/mol. The number of likely N-dealkylation sites (tertiary alicyclic amines) is 1. The quantitative estimate of drug-likeness (QED) is 0.363. The van der Waals surface area contributed by atoms with E-state index >= 15 is 0 Å². The van der Waals surface area contributed by atoms with Gasteiger partial charge in [0.2, 0.25) is 5.91 Å². The number of aliphatic hydroxyl groups excluding tert-OH is 1. The number of hydrogen-bond acceptors (Lipinski definition) is 4. The maximum atomic E-state index is 11.5. The molecule has 1 fully saturated rings. The van der Waals surface area contributed by atoms with E-state index in [0.29, 0.717) is 5.92 Å².